The Morgan fingerprint density at radius 3 is 1.62 bits per heavy atom. The van der Waals surface area contributed by atoms with Crippen LogP contribution >= 0.6 is 0 Å². The third-order valence-electron chi connectivity index (χ3n) is 10.7. The summed E-state index contributed by atoms with van der Waals surface area (Å²) in [6.45, 7) is 12.5. The molecule has 0 bridgehead atoms. The van der Waals surface area contributed by atoms with Gasteiger partial charge in [-0.2, -0.15) is 0 Å². The van der Waals surface area contributed by atoms with Crippen LogP contribution < -0.4 is 11.5 Å². The van der Waals surface area contributed by atoms with E-state index >= 15 is 0 Å². The van der Waals surface area contributed by atoms with Crippen LogP contribution in [0, 0.1) is 23.7 Å². The molecule has 4 fully saturated rings. The van der Waals surface area contributed by atoms with E-state index in [0.717, 1.165) is 6.42 Å². The van der Waals surface area contributed by atoms with E-state index in [2.05, 4.69) is 4.99 Å². The van der Waals surface area contributed by atoms with Crippen LogP contribution in [0.15, 0.2) is 4.99 Å². The smallest absolute Gasteiger partial charge is 0.187 e. The lowest BCUT2D eigenvalue weighted by Crippen LogP contribution is -2.59. The highest BCUT2D eigenvalue weighted by atomic mass is 16.8. The maximum atomic E-state index is 11.3. The molecule has 3 saturated heterocycles. The zero-order valence-corrected chi connectivity index (χ0v) is 31.5. The Labute approximate surface area is 306 Å². The van der Waals surface area contributed by atoms with Gasteiger partial charge in [0.2, 0.25) is 0 Å². The Morgan fingerprint density at radius 1 is 0.673 bits per heavy atom. The fourth-order valence-electron chi connectivity index (χ4n) is 7.33. The summed E-state index contributed by atoms with van der Waals surface area (Å²) >= 11 is 0. The van der Waals surface area contributed by atoms with Crippen molar-refractivity contribution in [2.75, 3.05) is 13.2 Å². The number of carbonyl (C=O) groups is 1. The van der Waals surface area contributed by atoms with Gasteiger partial charge >= 0.3 is 0 Å². The molecule has 0 aromatic heterocycles. The largest absolute Gasteiger partial charge is 0.394 e. The SMILES string of the molecule is CC(=O)CCCN=C(N)N.CCC1O[C@H](O[C@@H]2C(CO)OC(OC3C(O)C(C)C[C@H](C)C3OC3O[C@H](CC)C(O)[C@H](O)C3C)[C@@H]2O)[C@H](C)C(O)[C@@H]1O. The Bertz CT molecular complexity index is 1110. The van der Waals surface area contributed by atoms with Gasteiger partial charge in [-0.05, 0) is 44.4 Å². The molecule has 3 heterocycles. The summed E-state index contributed by atoms with van der Waals surface area (Å²) in [5.74, 6) is -1.21. The van der Waals surface area contributed by atoms with Crippen molar-refractivity contribution < 1.29 is 69.0 Å². The number of hydrogen-bond donors (Lipinski definition) is 9. The van der Waals surface area contributed by atoms with Crippen LogP contribution in [0.3, 0.4) is 0 Å². The molecule has 3 aliphatic heterocycles. The standard InChI is InChI=1S/C29H52O13.C6H13N3O/c1-7-15-21(34)19(32)13(5)27(37-15)40-24-12(4)9-11(3)18(31)26(24)42-29-23(36)25(17(10-30)39-29)41-28-14(6)20(33)22(35)16(8-2)38-28;1-5(10)3-2-4-9-6(7)8/h11-36H,7-10H2,1-6H3;2-4H2,1H3,(H4,7,8,9)/t11?,12-,13?,14+,15+,16?,17?,18?,19+,20?,21?,22+,23+,24?,25+,26?,27?,28+,29?;/m0./s1. The van der Waals surface area contributed by atoms with Crippen molar-refractivity contribution in [2.45, 2.75) is 173 Å². The molecule has 17 nitrogen and oxygen atoms in total. The fraction of sp³-hybridized carbons (Fsp3) is 0.943. The third-order valence-corrected chi connectivity index (χ3v) is 10.7. The number of aliphatic imine (C=N–C) groups is 1. The summed E-state index contributed by atoms with van der Waals surface area (Å²) in [7, 11) is 0. The first-order chi connectivity index (χ1) is 24.5. The van der Waals surface area contributed by atoms with E-state index in [9.17, 15) is 40.5 Å². The van der Waals surface area contributed by atoms with Crippen molar-refractivity contribution in [2.24, 2.45) is 40.1 Å². The zero-order chi connectivity index (χ0) is 39.0. The highest BCUT2D eigenvalue weighted by molar-refractivity contribution is 5.76. The molecule has 0 aromatic carbocycles. The number of hydrogen-bond acceptors (Lipinski definition) is 15. The summed E-state index contributed by atoms with van der Waals surface area (Å²) < 4.78 is 36.4. The van der Waals surface area contributed by atoms with Crippen molar-refractivity contribution >= 4 is 11.7 Å². The van der Waals surface area contributed by atoms with Crippen LogP contribution in [0.4, 0.5) is 0 Å². The van der Waals surface area contributed by atoms with Gasteiger partial charge in [-0.1, -0.05) is 41.5 Å². The average molecular weight is 752 g/mol. The molecule has 1 aliphatic carbocycles. The number of Topliss-reactive ketones (excluding diaryl/α,β-unsaturated/α-hetero) is 1. The number of ketones is 1. The second-order valence-electron chi connectivity index (χ2n) is 14.9. The monoisotopic (exact) mass is 751 g/mol. The van der Waals surface area contributed by atoms with Gasteiger partial charge in [-0.25, -0.2) is 0 Å². The molecular formula is C35H65N3O14. The summed E-state index contributed by atoms with van der Waals surface area (Å²) in [6.07, 6.45) is -12.1. The van der Waals surface area contributed by atoms with Crippen molar-refractivity contribution in [3.05, 3.63) is 0 Å². The van der Waals surface area contributed by atoms with Gasteiger partial charge in [0.1, 0.15) is 42.4 Å². The molecule has 0 aromatic rings. The Balaban J connectivity index is 0.000000636. The van der Waals surface area contributed by atoms with Gasteiger partial charge in [-0.15, -0.1) is 0 Å². The Morgan fingerprint density at radius 2 is 1.15 bits per heavy atom. The van der Waals surface area contributed by atoms with Gasteiger partial charge in [0.15, 0.2) is 24.8 Å². The summed E-state index contributed by atoms with van der Waals surface area (Å²) in [5, 5.41) is 74.4. The normalized spacial score (nSPS) is 45.2. The zero-order valence-electron chi connectivity index (χ0n) is 31.5. The van der Waals surface area contributed by atoms with Gasteiger partial charge in [0, 0.05) is 24.8 Å². The van der Waals surface area contributed by atoms with E-state index in [4.69, 9.17) is 39.9 Å². The van der Waals surface area contributed by atoms with E-state index in [-0.39, 0.29) is 23.6 Å². The molecule has 4 aliphatic rings. The first kappa shape index (κ1) is 44.8. The van der Waals surface area contributed by atoms with Crippen molar-refractivity contribution in [1.82, 2.24) is 0 Å². The van der Waals surface area contributed by atoms with Gasteiger partial charge < -0.3 is 80.4 Å². The molecule has 304 valence electrons. The quantitative estimate of drug-likeness (QED) is 0.0612. The molecular weight excluding hydrogens is 686 g/mol. The molecule has 52 heavy (non-hydrogen) atoms. The van der Waals surface area contributed by atoms with Crippen molar-refractivity contribution in [3.8, 4) is 0 Å². The lowest BCUT2D eigenvalue weighted by Gasteiger charge is -2.47. The predicted octanol–water partition coefficient (Wildman–Crippen LogP) is -1.13. The van der Waals surface area contributed by atoms with Gasteiger partial charge in [0.25, 0.3) is 0 Å². The highest BCUT2D eigenvalue weighted by Crippen LogP contribution is 2.40. The molecule has 4 rings (SSSR count). The van der Waals surface area contributed by atoms with Crippen LogP contribution in [-0.4, -0.2) is 153 Å². The topological polar surface area (TPSA) is 278 Å². The van der Waals surface area contributed by atoms with E-state index in [0.29, 0.717) is 32.2 Å². The second-order valence-corrected chi connectivity index (χ2v) is 14.9. The Hall–Kier alpha value is -1.58. The maximum Gasteiger partial charge on any atom is 0.187 e. The summed E-state index contributed by atoms with van der Waals surface area (Å²) in [4.78, 5) is 14.1. The van der Waals surface area contributed by atoms with Crippen LogP contribution in [0.5, 0.6) is 0 Å². The number of rotatable bonds is 13. The number of carbonyl (C=O) groups excluding carboxylic acids is 1. The minimum absolute atomic E-state index is 0.0866. The van der Waals surface area contributed by atoms with Crippen LogP contribution in [-0.2, 0) is 33.2 Å². The van der Waals surface area contributed by atoms with E-state index in [1.807, 2.05) is 27.7 Å². The molecule has 0 spiro atoms. The minimum atomic E-state index is -1.39. The number of aliphatic hydroxyl groups excluding tert-OH is 7. The number of guanidine groups is 1. The molecule has 0 amide bonds. The predicted molar refractivity (Wildman–Crippen MR) is 186 cm³/mol. The lowest BCUT2D eigenvalue weighted by molar-refractivity contribution is -0.325. The summed E-state index contributed by atoms with van der Waals surface area (Å²) in [6, 6.07) is 0. The van der Waals surface area contributed by atoms with E-state index < -0.39 is 111 Å². The number of nitrogens with two attached hydrogens (primary N) is 2. The molecule has 19 atom stereocenters. The number of ether oxygens (including phenoxy) is 6. The minimum Gasteiger partial charge on any atom is -0.394 e. The van der Waals surface area contributed by atoms with Crippen LogP contribution in [0.1, 0.15) is 80.6 Å². The maximum absolute atomic E-state index is 11.3. The van der Waals surface area contributed by atoms with E-state index in [1.54, 1.807) is 20.8 Å². The third kappa shape index (κ3) is 11.0. The number of nitrogens with zero attached hydrogens (tertiary/aromatic N) is 1. The van der Waals surface area contributed by atoms with E-state index in [1.165, 1.54) is 0 Å². The average Bonchev–Trinajstić information content (AvgIpc) is 3.40. The molecule has 11 unspecified atom stereocenters. The first-order valence-electron chi connectivity index (χ1n) is 18.6. The molecule has 17 heteroatoms. The molecule has 1 saturated carbocycles. The molecule has 0 radical (unpaired) electrons. The first-order valence-corrected chi connectivity index (χ1v) is 18.6. The van der Waals surface area contributed by atoms with Crippen molar-refractivity contribution in [3.63, 3.8) is 0 Å². The van der Waals surface area contributed by atoms with Crippen LogP contribution in [0.25, 0.3) is 0 Å². The van der Waals surface area contributed by atoms with Gasteiger partial charge in [-0.3, -0.25) is 4.99 Å². The van der Waals surface area contributed by atoms with Gasteiger partial charge in [0.05, 0.1) is 43.2 Å². The Kier molecular flexibility index (Phi) is 17.6. The highest BCUT2D eigenvalue weighted by Gasteiger charge is 2.53. The number of aliphatic hydroxyl groups is 7. The lowest BCUT2D eigenvalue weighted by atomic mass is 9.77. The fourth-order valence-corrected chi connectivity index (χ4v) is 7.33. The van der Waals surface area contributed by atoms with Crippen LogP contribution in [0.2, 0.25) is 0 Å². The second kappa shape index (κ2) is 20.4. The van der Waals surface area contributed by atoms with Crippen molar-refractivity contribution in [1.29, 1.82) is 0 Å². The molecule has 11 N–H and O–H groups in total. The summed E-state index contributed by atoms with van der Waals surface area (Å²) in [5.41, 5.74) is 10.1.